The van der Waals surface area contributed by atoms with Crippen LogP contribution in [0.3, 0.4) is 0 Å². The van der Waals surface area contributed by atoms with Gasteiger partial charge in [0, 0.05) is 22.3 Å². The van der Waals surface area contributed by atoms with Crippen molar-refractivity contribution in [2.75, 3.05) is 0 Å². The van der Waals surface area contributed by atoms with Crippen molar-refractivity contribution in [2.24, 2.45) is 0 Å². The maximum atomic E-state index is 13.8. The van der Waals surface area contributed by atoms with E-state index in [1.807, 2.05) is 72.8 Å². The Balaban J connectivity index is 1.60. The Labute approximate surface area is 224 Å². The highest BCUT2D eigenvalue weighted by molar-refractivity contribution is 6.14. The number of benzene rings is 4. The number of aromatic nitrogens is 6. The van der Waals surface area contributed by atoms with Crippen LogP contribution < -0.4 is 0 Å². The molecule has 0 unspecified atom stereocenters. The van der Waals surface area contributed by atoms with Crippen LogP contribution in [0.4, 0.5) is 0 Å². The van der Waals surface area contributed by atoms with Gasteiger partial charge in [0.1, 0.15) is 25.3 Å². The van der Waals surface area contributed by atoms with Crippen molar-refractivity contribution in [1.82, 2.24) is 29.9 Å². The van der Waals surface area contributed by atoms with Gasteiger partial charge < -0.3 is 0 Å². The predicted molar refractivity (Wildman–Crippen MR) is 146 cm³/mol. The molecule has 0 bridgehead atoms. The molecule has 0 saturated heterocycles. The van der Waals surface area contributed by atoms with Crippen molar-refractivity contribution >= 4 is 5.78 Å². The Morgan fingerprint density at radius 2 is 0.923 bits per heavy atom. The molecule has 184 valence electrons. The van der Waals surface area contributed by atoms with E-state index in [1.165, 1.54) is 25.3 Å². The molecule has 7 nitrogen and oxygen atoms in total. The molecule has 0 atom stereocenters. The topological polar surface area (TPSA) is 94.4 Å². The lowest BCUT2D eigenvalue weighted by molar-refractivity contribution is 0.103. The van der Waals surface area contributed by atoms with Gasteiger partial charge in [-0.2, -0.15) is 0 Å². The number of ketones is 1. The van der Waals surface area contributed by atoms with Crippen LogP contribution in [-0.4, -0.2) is 35.7 Å². The molecule has 1 aliphatic carbocycles. The summed E-state index contributed by atoms with van der Waals surface area (Å²) in [6.45, 7) is 0. The second-order valence-corrected chi connectivity index (χ2v) is 9.26. The molecule has 0 aliphatic heterocycles. The summed E-state index contributed by atoms with van der Waals surface area (Å²) in [6.07, 6.45) is 5.97. The van der Waals surface area contributed by atoms with Crippen LogP contribution in [-0.2, 0) is 5.41 Å². The number of hydrogen-bond donors (Lipinski definition) is 0. The number of carbonyl (C=O) groups is 1. The molecule has 0 amide bonds. The normalized spacial score (nSPS) is 13.4. The minimum Gasteiger partial charge on any atom is -0.289 e. The Morgan fingerprint density at radius 3 is 1.38 bits per heavy atom. The molecule has 1 aliphatic rings. The Hall–Kier alpha value is -5.43. The van der Waals surface area contributed by atoms with Crippen molar-refractivity contribution in [2.45, 2.75) is 5.41 Å². The van der Waals surface area contributed by atoms with E-state index in [2.05, 4.69) is 54.2 Å². The summed E-state index contributed by atoms with van der Waals surface area (Å²) in [5.74, 6) is 1.17. The fourth-order valence-electron chi connectivity index (χ4n) is 5.65. The number of carbonyl (C=O) groups excluding carboxylic acids is 1. The number of hydrogen-bond acceptors (Lipinski definition) is 7. The lowest BCUT2D eigenvalue weighted by Crippen LogP contribution is -2.38. The molecule has 39 heavy (non-hydrogen) atoms. The van der Waals surface area contributed by atoms with Crippen LogP contribution >= 0.6 is 0 Å². The number of rotatable bonds is 4. The Bertz CT molecular complexity index is 1700. The molecule has 0 saturated carbocycles. The van der Waals surface area contributed by atoms with E-state index in [0.29, 0.717) is 22.8 Å². The summed E-state index contributed by atoms with van der Waals surface area (Å²) in [4.78, 5) is 39.3. The zero-order chi connectivity index (χ0) is 26.2. The van der Waals surface area contributed by atoms with Crippen LogP contribution in [0.15, 0.2) is 122 Å². The Morgan fingerprint density at radius 1 is 0.487 bits per heavy atom. The summed E-state index contributed by atoms with van der Waals surface area (Å²) >= 11 is 0. The fraction of sp³-hybridized carbons (Fsp3) is 0.0312. The summed E-state index contributed by atoms with van der Waals surface area (Å²) in [7, 11) is 0. The van der Waals surface area contributed by atoms with Crippen LogP contribution in [0, 0.1) is 0 Å². The van der Waals surface area contributed by atoms with E-state index in [0.717, 1.165) is 33.4 Å². The lowest BCUT2D eigenvalue weighted by Gasteiger charge is -2.42. The van der Waals surface area contributed by atoms with Crippen LogP contribution in [0.5, 0.6) is 0 Å². The van der Waals surface area contributed by atoms with Gasteiger partial charge in [-0.1, -0.05) is 84.9 Å². The highest BCUT2D eigenvalue weighted by atomic mass is 16.1. The van der Waals surface area contributed by atoms with E-state index in [9.17, 15) is 4.79 Å². The van der Waals surface area contributed by atoms with Gasteiger partial charge in [-0.25, -0.2) is 29.9 Å². The molecule has 0 fully saturated rings. The molecular formula is C32H20N6O. The molecule has 2 aromatic heterocycles. The van der Waals surface area contributed by atoms with Gasteiger partial charge in [-0.15, -0.1) is 0 Å². The zero-order valence-corrected chi connectivity index (χ0v) is 20.6. The lowest BCUT2D eigenvalue weighted by atomic mass is 9.59. The van der Waals surface area contributed by atoms with Gasteiger partial charge in [0.2, 0.25) is 0 Å². The molecule has 6 aromatic rings. The molecule has 2 heterocycles. The van der Waals surface area contributed by atoms with Gasteiger partial charge in [0.05, 0.1) is 5.41 Å². The Kier molecular flexibility index (Phi) is 5.33. The van der Waals surface area contributed by atoms with Gasteiger partial charge >= 0.3 is 0 Å². The average Bonchev–Trinajstić information content (AvgIpc) is 3.03. The first-order chi connectivity index (χ1) is 19.3. The predicted octanol–water partition coefficient (Wildman–Crippen LogP) is 5.32. The van der Waals surface area contributed by atoms with E-state index in [1.54, 1.807) is 0 Å². The maximum absolute atomic E-state index is 13.8. The van der Waals surface area contributed by atoms with Crippen LogP contribution in [0.1, 0.15) is 38.2 Å². The third kappa shape index (κ3) is 3.55. The van der Waals surface area contributed by atoms with Gasteiger partial charge in [-0.3, -0.25) is 4.79 Å². The summed E-state index contributed by atoms with van der Waals surface area (Å²) in [5, 5.41) is 0. The molecule has 7 heteroatoms. The van der Waals surface area contributed by atoms with E-state index in [-0.39, 0.29) is 5.78 Å². The monoisotopic (exact) mass is 504 g/mol. The van der Waals surface area contributed by atoms with Crippen molar-refractivity contribution in [3.8, 4) is 22.8 Å². The highest BCUT2D eigenvalue weighted by Crippen LogP contribution is 2.51. The van der Waals surface area contributed by atoms with Crippen molar-refractivity contribution < 1.29 is 4.79 Å². The van der Waals surface area contributed by atoms with Crippen LogP contribution in [0.2, 0.25) is 0 Å². The maximum Gasteiger partial charge on any atom is 0.193 e. The first-order valence-electron chi connectivity index (χ1n) is 12.5. The average molecular weight is 505 g/mol. The highest BCUT2D eigenvalue weighted by Gasteiger charge is 2.46. The smallest absolute Gasteiger partial charge is 0.193 e. The number of fused-ring (bicyclic) bond motifs is 2. The van der Waals surface area contributed by atoms with Crippen molar-refractivity contribution in [3.63, 3.8) is 0 Å². The minimum atomic E-state index is -0.812. The number of nitrogens with zero attached hydrogens (tertiary/aromatic N) is 6. The molecule has 7 rings (SSSR count). The van der Waals surface area contributed by atoms with Gasteiger partial charge in [0.25, 0.3) is 0 Å². The van der Waals surface area contributed by atoms with E-state index < -0.39 is 5.41 Å². The SMILES string of the molecule is O=C1c2ccccc2C(c2cccc(-c3ncncn3)c2)(c2cccc(-c3ncncn3)c2)c2ccccc21. The zero-order valence-electron chi connectivity index (χ0n) is 20.6. The quantitative estimate of drug-likeness (QED) is 0.320. The standard InChI is InChI=1S/C32H20N6O/c39-29-25-11-1-3-13-27(25)32(28-14-4-2-12-26(28)29,23-9-5-7-21(15-23)30-35-17-33-18-36-30)24-10-6-8-22(16-24)31-37-19-34-20-38-31/h1-20H. The first-order valence-corrected chi connectivity index (χ1v) is 12.5. The van der Waals surface area contributed by atoms with E-state index in [4.69, 9.17) is 0 Å². The molecule has 0 spiro atoms. The van der Waals surface area contributed by atoms with E-state index >= 15 is 0 Å². The third-order valence-corrected chi connectivity index (χ3v) is 7.25. The van der Waals surface area contributed by atoms with Gasteiger partial charge in [0.15, 0.2) is 17.4 Å². The minimum absolute atomic E-state index is 0.0130. The second-order valence-electron chi connectivity index (χ2n) is 9.26. The summed E-state index contributed by atoms with van der Waals surface area (Å²) in [5.41, 5.74) is 6.04. The third-order valence-electron chi connectivity index (χ3n) is 7.25. The first kappa shape index (κ1) is 22.7. The molecular weight excluding hydrogens is 484 g/mol. The summed E-state index contributed by atoms with van der Waals surface area (Å²) < 4.78 is 0. The van der Waals surface area contributed by atoms with Crippen molar-refractivity contribution in [3.05, 3.63) is 156 Å². The van der Waals surface area contributed by atoms with Crippen molar-refractivity contribution in [1.29, 1.82) is 0 Å². The van der Waals surface area contributed by atoms with Gasteiger partial charge in [-0.05, 0) is 34.4 Å². The molecule has 4 aromatic carbocycles. The largest absolute Gasteiger partial charge is 0.289 e. The molecule has 0 radical (unpaired) electrons. The second kappa shape index (κ2) is 9.15. The molecule has 0 N–H and O–H groups in total. The fourth-order valence-corrected chi connectivity index (χ4v) is 5.65. The summed E-state index contributed by atoms with van der Waals surface area (Å²) in [6, 6.07) is 32.1. The van der Waals surface area contributed by atoms with Crippen LogP contribution in [0.25, 0.3) is 22.8 Å².